The number of hydrogen-bond donors (Lipinski definition) is 2. The van der Waals surface area contributed by atoms with Gasteiger partial charge in [-0.15, -0.1) is 11.3 Å². The van der Waals surface area contributed by atoms with Crippen LogP contribution >= 0.6 is 11.3 Å². The van der Waals surface area contributed by atoms with E-state index in [-0.39, 0.29) is 6.10 Å². The molecule has 3 heteroatoms. The summed E-state index contributed by atoms with van der Waals surface area (Å²) in [7, 11) is 0. The van der Waals surface area contributed by atoms with Crippen LogP contribution < -0.4 is 5.32 Å². The zero-order valence-corrected chi connectivity index (χ0v) is 8.39. The lowest BCUT2D eigenvalue weighted by atomic mass is 10.3. The molecular weight excluding hydrogens is 182 g/mol. The van der Waals surface area contributed by atoms with Crippen LogP contribution in [0.1, 0.15) is 23.8 Å². The van der Waals surface area contributed by atoms with Crippen LogP contribution in [-0.4, -0.2) is 18.2 Å². The van der Waals surface area contributed by atoms with Crippen LogP contribution in [0.5, 0.6) is 0 Å². The summed E-state index contributed by atoms with van der Waals surface area (Å²) in [5.74, 6) is 0.885. The van der Waals surface area contributed by atoms with E-state index in [1.54, 1.807) is 11.3 Å². The quantitative estimate of drug-likeness (QED) is 0.754. The van der Waals surface area contributed by atoms with Gasteiger partial charge in [-0.1, -0.05) is 6.07 Å². The number of aliphatic hydroxyl groups is 1. The van der Waals surface area contributed by atoms with Crippen LogP contribution in [0.3, 0.4) is 0 Å². The van der Waals surface area contributed by atoms with E-state index in [2.05, 4.69) is 5.32 Å². The summed E-state index contributed by atoms with van der Waals surface area (Å²) < 4.78 is 0. The van der Waals surface area contributed by atoms with E-state index in [0.29, 0.717) is 6.54 Å². The van der Waals surface area contributed by atoms with Gasteiger partial charge in [0.05, 0.1) is 0 Å². The largest absolute Gasteiger partial charge is 0.386 e. The molecule has 0 aliphatic heterocycles. The van der Waals surface area contributed by atoms with Gasteiger partial charge in [-0.3, -0.25) is 0 Å². The van der Waals surface area contributed by atoms with Crippen LogP contribution in [-0.2, 0) is 0 Å². The Morgan fingerprint density at radius 2 is 2.46 bits per heavy atom. The lowest BCUT2D eigenvalue weighted by Crippen LogP contribution is -2.23. The van der Waals surface area contributed by atoms with Gasteiger partial charge < -0.3 is 10.4 Å². The zero-order chi connectivity index (χ0) is 9.10. The molecule has 13 heavy (non-hydrogen) atoms. The molecule has 1 aromatic rings. The molecular formula is C10H15NOS. The predicted octanol–water partition coefficient (Wildman–Crippen LogP) is 1.78. The molecule has 1 aliphatic carbocycles. The highest BCUT2D eigenvalue weighted by atomic mass is 32.1. The summed E-state index contributed by atoms with van der Waals surface area (Å²) in [5.41, 5.74) is 0. The number of aliphatic hydroxyl groups excluding tert-OH is 1. The molecule has 1 fully saturated rings. The van der Waals surface area contributed by atoms with E-state index in [1.807, 2.05) is 17.5 Å². The van der Waals surface area contributed by atoms with Crippen LogP contribution in [0.2, 0.25) is 0 Å². The number of hydrogen-bond acceptors (Lipinski definition) is 3. The number of rotatable bonds is 5. The smallest absolute Gasteiger partial charge is 0.101 e. The average Bonchev–Trinajstić information content (AvgIpc) is 2.80. The van der Waals surface area contributed by atoms with Gasteiger partial charge in [0.15, 0.2) is 0 Å². The van der Waals surface area contributed by atoms with Crippen molar-refractivity contribution < 1.29 is 5.11 Å². The fourth-order valence-electron chi connectivity index (χ4n) is 1.33. The van der Waals surface area contributed by atoms with Gasteiger partial charge in [-0.05, 0) is 36.8 Å². The third-order valence-corrected chi connectivity index (χ3v) is 3.31. The van der Waals surface area contributed by atoms with E-state index in [1.165, 1.54) is 12.8 Å². The van der Waals surface area contributed by atoms with Gasteiger partial charge in [0.1, 0.15) is 6.10 Å². The van der Waals surface area contributed by atoms with Crippen molar-refractivity contribution in [3.63, 3.8) is 0 Å². The molecule has 0 radical (unpaired) electrons. The minimum Gasteiger partial charge on any atom is -0.386 e. The van der Waals surface area contributed by atoms with Crippen LogP contribution in [0, 0.1) is 5.92 Å². The summed E-state index contributed by atoms with van der Waals surface area (Å²) in [6.07, 6.45) is 2.41. The SMILES string of the molecule is OC(CNCC1CC1)c1cccs1. The molecule has 2 nitrogen and oxygen atoms in total. The van der Waals surface area contributed by atoms with Crippen LogP contribution in [0.15, 0.2) is 17.5 Å². The van der Waals surface area contributed by atoms with E-state index in [0.717, 1.165) is 17.3 Å². The van der Waals surface area contributed by atoms with Crippen molar-refractivity contribution in [3.05, 3.63) is 22.4 Å². The first-order valence-corrected chi connectivity index (χ1v) is 5.66. The maximum absolute atomic E-state index is 9.69. The molecule has 0 amide bonds. The van der Waals surface area contributed by atoms with Gasteiger partial charge in [-0.25, -0.2) is 0 Å². The molecule has 1 aliphatic rings. The highest BCUT2D eigenvalue weighted by Gasteiger charge is 2.20. The molecule has 0 spiro atoms. The Hall–Kier alpha value is -0.380. The number of nitrogens with one attached hydrogen (secondary N) is 1. The molecule has 0 saturated heterocycles. The summed E-state index contributed by atoms with van der Waals surface area (Å²) >= 11 is 1.62. The Morgan fingerprint density at radius 1 is 1.62 bits per heavy atom. The van der Waals surface area contributed by atoms with Crippen LogP contribution in [0.4, 0.5) is 0 Å². The maximum atomic E-state index is 9.69. The Bertz CT molecular complexity index is 243. The molecule has 72 valence electrons. The van der Waals surface area contributed by atoms with Crippen molar-refractivity contribution in [2.45, 2.75) is 18.9 Å². The van der Waals surface area contributed by atoms with Gasteiger partial charge in [0.2, 0.25) is 0 Å². The zero-order valence-electron chi connectivity index (χ0n) is 7.57. The van der Waals surface area contributed by atoms with Crippen molar-refractivity contribution >= 4 is 11.3 Å². The van der Waals surface area contributed by atoms with E-state index < -0.39 is 0 Å². The minimum atomic E-state index is -0.321. The molecule has 1 aromatic heterocycles. The first-order valence-electron chi connectivity index (χ1n) is 4.78. The predicted molar refractivity (Wildman–Crippen MR) is 54.9 cm³/mol. The summed E-state index contributed by atoms with van der Waals surface area (Å²) in [6, 6.07) is 3.96. The second-order valence-corrected chi connectivity index (χ2v) is 4.61. The summed E-state index contributed by atoms with van der Waals surface area (Å²) in [6.45, 7) is 1.76. The standard InChI is InChI=1S/C10H15NOS/c12-9(10-2-1-5-13-10)7-11-6-8-3-4-8/h1-2,5,8-9,11-12H,3-4,6-7H2. The molecule has 1 unspecified atom stereocenters. The Labute approximate surface area is 82.6 Å². The van der Waals surface area contributed by atoms with Crippen molar-refractivity contribution in [2.75, 3.05) is 13.1 Å². The van der Waals surface area contributed by atoms with Gasteiger partial charge in [0.25, 0.3) is 0 Å². The lowest BCUT2D eigenvalue weighted by molar-refractivity contribution is 0.178. The van der Waals surface area contributed by atoms with Crippen molar-refractivity contribution in [2.24, 2.45) is 5.92 Å². The van der Waals surface area contributed by atoms with E-state index in [9.17, 15) is 5.11 Å². The van der Waals surface area contributed by atoms with E-state index >= 15 is 0 Å². The maximum Gasteiger partial charge on any atom is 0.101 e. The lowest BCUT2D eigenvalue weighted by Gasteiger charge is -2.09. The molecule has 2 N–H and O–H groups in total. The summed E-state index contributed by atoms with van der Waals surface area (Å²) in [5, 5.41) is 15.0. The Balaban J connectivity index is 1.68. The van der Waals surface area contributed by atoms with Gasteiger partial charge >= 0.3 is 0 Å². The average molecular weight is 197 g/mol. The second-order valence-electron chi connectivity index (χ2n) is 3.63. The van der Waals surface area contributed by atoms with Gasteiger partial charge in [-0.2, -0.15) is 0 Å². The molecule has 0 aromatic carbocycles. The molecule has 1 atom stereocenters. The molecule has 2 rings (SSSR count). The van der Waals surface area contributed by atoms with E-state index in [4.69, 9.17) is 0 Å². The number of thiophene rings is 1. The highest BCUT2D eigenvalue weighted by Crippen LogP contribution is 2.27. The van der Waals surface area contributed by atoms with Crippen molar-refractivity contribution in [3.8, 4) is 0 Å². The summed E-state index contributed by atoms with van der Waals surface area (Å²) in [4.78, 5) is 1.06. The first kappa shape index (κ1) is 9.19. The Morgan fingerprint density at radius 3 is 3.08 bits per heavy atom. The van der Waals surface area contributed by atoms with Crippen molar-refractivity contribution in [1.29, 1.82) is 0 Å². The second kappa shape index (κ2) is 4.22. The Kier molecular flexibility index (Phi) is 2.98. The third kappa shape index (κ3) is 2.79. The van der Waals surface area contributed by atoms with Crippen LogP contribution in [0.25, 0.3) is 0 Å². The molecule has 1 saturated carbocycles. The monoisotopic (exact) mass is 197 g/mol. The highest BCUT2D eigenvalue weighted by molar-refractivity contribution is 7.10. The fourth-order valence-corrected chi connectivity index (χ4v) is 2.04. The third-order valence-electron chi connectivity index (χ3n) is 2.34. The van der Waals surface area contributed by atoms with Gasteiger partial charge in [0, 0.05) is 11.4 Å². The normalized spacial score (nSPS) is 18.8. The first-order chi connectivity index (χ1) is 6.36. The van der Waals surface area contributed by atoms with Crippen molar-refractivity contribution in [1.82, 2.24) is 5.32 Å². The topological polar surface area (TPSA) is 32.3 Å². The minimum absolute atomic E-state index is 0.321. The fraction of sp³-hybridized carbons (Fsp3) is 0.600. The molecule has 0 bridgehead atoms. The molecule has 1 heterocycles.